The van der Waals surface area contributed by atoms with Crippen LogP contribution in [0.2, 0.25) is 10.0 Å². The predicted molar refractivity (Wildman–Crippen MR) is 151 cm³/mol. The molecule has 0 unspecified atom stereocenters. The minimum absolute atomic E-state index is 0.0542. The average molecular weight is 619 g/mol. The number of alkyl halides is 3. The number of nitrogens with zero attached hydrogens (tertiary/aromatic N) is 1. The van der Waals surface area contributed by atoms with Crippen LogP contribution in [0.25, 0.3) is 5.57 Å². The minimum atomic E-state index is -5.01. The third-order valence-corrected chi connectivity index (χ3v) is 9.56. The SMILES string of the molecule is C=C(CN1CCCCC1)c1ccc2c(c1)CCC[C@H]2NC(=O)C[C@H](NS(=O)(=O)c1ccc(Cl)c(Cl)c1)C(F)(F)F. The van der Waals surface area contributed by atoms with Crippen molar-refractivity contribution in [3.63, 3.8) is 0 Å². The van der Waals surface area contributed by atoms with Gasteiger partial charge in [-0.15, -0.1) is 0 Å². The summed E-state index contributed by atoms with van der Waals surface area (Å²) in [5, 5.41) is 2.62. The summed E-state index contributed by atoms with van der Waals surface area (Å²) in [6, 6.07) is 5.97. The number of hydrogen-bond donors (Lipinski definition) is 2. The van der Waals surface area contributed by atoms with E-state index in [1.807, 2.05) is 12.1 Å². The Labute approximate surface area is 243 Å². The molecule has 218 valence electrons. The number of hydrogen-bond acceptors (Lipinski definition) is 4. The van der Waals surface area contributed by atoms with Gasteiger partial charge in [-0.2, -0.15) is 17.9 Å². The molecule has 0 bridgehead atoms. The molecule has 2 aliphatic rings. The molecule has 2 atom stereocenters. The molecule has 1 heterocycles. The van der Waals surface area contributed by atoms with Crippen molar-refractivity contribution in [3.8, 4) is 0 Å². The molecule has 1 fully saturated rings. The number of carbonyl (C=O) groups is 1. The Morgan fingerprint density at radius 2 is 1.77 bits per heavy atom. The first-order chi connectivity index (χ1) is 18.8. The van der Waals surface area contributed by atoms with E-state index < -0.39 is 45.5 Å². The first-order valence-corrected chi connectivity index (χ1v) is 15.4. The highest BCUT2D eigenvalue weighted by Gasteiger charge is 2.44. The van der Waals surface area contributed by atoms with Gasteiger partial charge in [0.2, 0.25) is 15.9 Å². The summed E-state index contributed by atoms with van der Waals surface area (Å²) in [5.74, 6) is -0.907. The van der Waals surface area contributed by atoms with Gasteiger partial charge in [-0.3, -0.25) is 9.69 Å². The molecular formula is C28H32Cl2F3N3O3S. The molecule has 0 saturated carbocycles. The van der Waals surface area contributed by atoms with Gasteiger partial charge in [0.15, 0.2) is 0 Å². The van der Waals surface area contributed by atoms with Crippen molar-refractivity contribution in [2.75, 3.05) is 19.6 Å². The molecule has 12 heteroatoms. The van der Waals surface area contributed by atoms with E-state index in [-0.39, 0.29) is 10.0 Å². The molecule has 2 aromatic carbocycles. The predicted octanol–water partition coefficient (Wildman–Crippen LogP) is 6.29. The van der Waals surface area contributed by atoms with Gasteiger partial charge < -0.3 is 5.32 Å². The van der Waals surface area contributed by atoms with Gasteiger partial charge in [-0.25, -0.2) is 8.42 Å². The quantitative estimate of drug-likeness (QED) is 0.347. The lowest BCUT2D eigenvalue weighted by Crippen LogP contribution is -2.48. The normalized spacial score (nSPS) is 19.1. The van der Waals surface area contributed by atoms with Crippen LogP contribution in [-0.2, 0) is 21.2 Å². The Morgan fingerprint density at radius 1 is 1.05 bits per heavy atom. The first-order valence-electron chi connectivity index (χ1n) is 13.2. The van der Waals surface area contributed by atoms with Gasteiger partial charge in [-0.05, 0) is 85.7 Å². The van der Waals surface area contributed by atoms with Crippen LogP contribution in [0.4, 0.5) is 13.2 Å². The Balaban J connectivity index is 1.43. The van der Waals surface area contributed by atoms with E-state index in [0.717, 1.165) is 66.9 Å². The number of nitrogens with one attached hydrogen (secondary N) is 2. The zero-order valence-corrected chi connectivity index (χ0v) is 24.2. The molecule has 1 amide bonds. The number of fused-ring (bicyclic) bond motifs is 1. The third-order valence-electron chi connectivity index (χ3n) is 7.35. The maximum absolute atomic E-state index is 13.8. The maximum atomic E-state index is 13.8. The van der Waals surface area contributed by atoms with Gasteiger partial charge in [-0.1, -0.05) is 54.4 Å². The summed E-state index contributed by atoms with van der Waals surface area (Å²) in [5.41, 5.74) is 3.92. The van der Waals surface area contributed by atoms with Crippen LogP contribution >= 0.6 is 23.2 Å². The van der Waals surface area contributed by atoms with E-state index in [1.165, 1.54) is 25.3 Å². The van der Waals surface area contributed by atoms with E-state index in [2.05, 4.69) is 22.9 Å². The van der Waals surface area contributed by atoms with Crippen LogP contribution < -0.4 is 10.0 Å². The Morgan fingerprint density at radius 3 is 2.45 bits per heavy atom. The maximum Gasteiger partial charge on any atom is 0.405 e. The number of aryl methyl sites for hydroxylation is 1. The Bertz CT molecular complexity index is 1360. The molecule has 4 rings (SSSR count). The van der Waals surface area contributed by atoms with Gasteiger partial charge in [0, 0.05) is 6.54 Å². The smallest absolute Gasteiger partial charge is 0.349 e. The van der Waals surface area contributed by atoms with Crippen molar-refractivity contribution in [1.29, 1.82) is 0 Å². The number of rotatable bonds is 9. The van der Waals surface area contributed by atoms with Crippen LogP contribution in [0.3, 0.4) is 0 Å². The van der Waals surface area contributed by atoms with Crippen molar-refractivity contribution in [1.82, 2.24) is 14.9 Å². The summed E-state index contributed by atoms with van der Waals surface area (Å²) in [4.78, 5) is 14.7. The topological polar surface area (TPSA) is 78.5 Å². The zero-order chi connectivity index (χ0) is 29.1. The van der Waals surface area contributed by atoms with Gasteiger partial charge in [0.1, 0.15) is 6.04 Å². The highest BCUT2D eigenvalue weighted by molar-refractivity contribution is 7.89. The summed E-state index contributed by atoms with van der Waals surface area (Å²) in [7, 11) is -4.64. The average Bonchev–Trinajstić information content (AvgIpc) is 2.89. The van der Waals surface area contributed by atoms with Crippen molar-refractivity contribution in [2.45, 2.75) is 68.1 Å². The zero-order valence-electron chi connectivity index (χ0n) is 21.9. The van der Waals surface area contributed by atoms with Crippen LogP contribution in [0, 0.1) is 0 Å². The van der Waals surface area contributed by atoms with Gasteiger partial charge in [0.05, 0.1) is 27.4 Å². The van der Waals surface area contributed by atoms with Crippen molar-refractivity contribution < 1.29 is 26.4 Å². The van der Waals surface area contributed by atoms with Gasteiger partial charge >= 0.3 is 6.18 Å². The molecule has 6 nitrogen and oxygen atoms in total. The number of benzene rings is 2. The molecule has 1 aliphatic heterocycles. The molecule has 2 N–H and O–H groups in total. The summed E-state index contributed by atoms with van der Waals surface area (Å²) in [6.45, 7) is 7.16. The lowest BCUT2D eigenvalue weighted by atomic mass is 9.85. The molecule has 0 aromatic heterocycles. The second kappa shape index (κ2) is 12.8. The lowest BCUT2D eigenvalue weighted by molar-refractivity contribution is -0.158. The molecule has 40 heavy (non-hydrogen) atoms. The van der Waals surface area contributed by atoms with Crippen molar-refractivity contribution >= 4 is 44.7 Å². The fourth-order valence-corrected chi connectivity index (χ4v) is 6.84. The number of likely N-dealkylation sites (tertiary alicyclic amines) is 1. The fourth-order valence-electron chi connectivity index (χ4n) is 5.23. The highest BCUT2D eigenvalue weighted by Crippen LogP contribution is 2.33. The second-order valence-electron chi connectivity index (χ2n) is 10.4. The standard InChI is InChI=1S/C28H32Cl2F3N3O3S/c1-18(17-36-12-3-2-4-13-36)19-8-10-22-20(14-19)6-5-7-25(22)34-27(37)16-26(28(31,32)33)35-40(38,39)21-9-11-23(29)24(30)15-21/h8-11,14-15,25-26,35H,1-7,12-13,16-17H2,(H,34,37)/t25-,26+/m1/s1. The molecule has 1 saturated heterocycles. The molecule has 1 aliphatic carbocycles. The fraction of sp³-hybridized carbons (Fsp3) is 0.464. The summed E-state index contributed by atoms with van der Waals surface area (Å²) < 4.78 is 68.3. The third kappa shape index (κ3) is 7.79. The first kappa shape index (κ1) is 30.8. The van der Waals surface area contributed by atoms with Crippen LogP contribution in [0.1, 0.15) is 61.3 Å². The largest absolute Gasteiger partial charge is 0.405 e. The van der Waals surface area contributed by atoms with Crippen LogP contribution in [0.15, 0.2) is 47.9 Å². The highest BCUT2D eigenvalue weighted by atomic mass is 35.5. The molecule has 0 radical (unpaired) electrons. The summed E-state index contributed by atoms with van der Waals surface area (Å²) >= 11 is 11.6. The molecule has 2 aromatic rings. The van der Waals surface area contributed by atoms with Crippen LogP contribution in [0.5, 0.6) is 0 Å². The Hall–Kier alpha value is -2.11. The number of carbonyl (C=O) groups excluding carboxylic acids is 1. The van der Waals surface area contributed by atoms with Crippen LogP contribution in [-0.4, -0.2) is 51.1 Å². The number of halogens is 5. The summed E-state index contributed by atoms with van der Waals surface area (Å²) in [6.07, 6.45) is -0.376. The van der Waals surface area contributed by atoms with E-state index in [9.17, 15) is 26.4 Å². The number of piperidine rings is 1. The van der Waals surface area contributed by atoms with E-state index in [4.69, 9.17) is 23.2 Å². The lowest BCUT2D eigenvalue weighted by Gasteiger charge is -2.29. The van der Waals surface area contributed by atoms with E-state index in [0.29, 0.717) is 6.42 Å². The monoisotopic (exact) mass is 617 g/mol. The minimum Gasteiger partial charge on any atom is -0.349 e. The van der Waals surface area contributed by atoms with Crippen molar-refractivity contribution in [3.05, 3.63) is 69.7 Å². The molecule has 0 spiro atoms. The van der Waals surface area contributed by atoms with E-state index >= 15 is 0 Å². The van der Waals surface area contributed by atoms with E-state index in [1.54, 1.807) is 4.72 Å². The number of amides is 1. The molecular weight excluding hydrogens is 586 g/mol. The number of sulfonamides is 1. The van der Waals surface area contributed by atoms with Gasteiger partial charge in [0.25, 0.3) is 0 Å². The second-order valence-corrected chi connectivity index (χ2v) is 12.9. The Kier molecular flexibility index (Phi) is 9.88. The van der Waals surface area contributed by atoms with Crippen molar-refractivity contribution in [2.24, 2.45) is 0 Å².